The van der Waals surface area contributed by atoms with Gasteiger partial charge in [0.2, 0.25) is 0 Å². The molecule has 1 aromatic heterocycles. The molecule has 1 saturated carbocycles. The molecule has 1 fully saturated rings. The minimum absolute atomic E-state index is 0. The van der Waals surface area contributed by atoms with Crippen LogP contribution in [0.4, 0.5) is 13.2 Å². The Bertz CT molecular complexity index is 828. The Hall–Kier alpha value is -1.56. The number of nitrogens with zero attached hydrogens (tertiary/aromatic N) is 2. The fourth-order valence-corrected chi connectivity index (χ4v) is 3.65. The number of hydrogen-bond acceptors (Lipinski definition) is 4. The number of alkyl halides is 3. The number of rotatable bonds is 7. The second-order valence-electron chi connectivity index (χ2n) is 6.55. The molecule has 0 amide bonds. The van der Waals surface area contributed by atoms with Gasteiger partial charge in [0.25, 0.3) is 0 Å². The van der Waals surface area contributed by atoms with Crippen molar-refractivity contribution in [1.29, 1.82) is 0 Å². The maximum Gasteiger partial charge on any atom is 0.573 e. The molecule has 0 spiro atoms. The number of aliphatic imine (C=N–C) groups is 1. The Morgan fingerprint density at radius 3 is 2.76 bits per heavy atom. The van der Waals surface area contributed by atoms with E-state index >= 15 is 0 Å². The molecule has 2 aromatic rings. The number of benzene rings is 1. The molecule has 1 aliphatic rings. The van der Waals surface area contributed by atoms with E-state index in [-0.39, 0.29) is 41.7 Å². The molecule has 29 heavy (non-hydrogen) atoms. The van der Waals surface area contributed by atoms with Crippen molar-refractivity contribution < 1.29 is 17.9 Å². The van der Waals surface area contributed by atoms with Gasteiger partial charge < -0.3 is 15.4 Å². The predicted octanol–water partition coefficient (Wildman–Crippen LogP) is 4.62. The molecular formula is C19H24F3IN4OS. The Kier molecular flexibility index (Phi) is 8.56. The van der Waals surface area contributed by atoms with Crippen molar-refractivity contribution in [3.8, 4) is 5.75 Å². The molecule has 1 aliphatic carbocycles. The molecule has 2 N–H and O–H groups in total. The number of guanidine groups is 1. The molecule has 0 radical (unpaired) electrons. The summed E-state index contributed by atoms with van der Waals surface area (Å²) in [6, 6.07) is 6.33. The summed E-state index contributed by atoms with van der Waals surface area (Å²) in [4.78, 5) is 8.98. The number of aryl methyl sites for hydroxylation is 1. The highest BCUT2D eigenvalue weighted by atomic mass is 127. The van der Waals surface area contributed by atoms with Gasteiger partial charge in [-0.2, -0.15) is 0 Å². The van der Waals surface area contributed by atoms with Gasteiger partial charge in [-0.05, 0) is 31.9 Å². The number of para-hydroxylation sites is 1. The Morgan fingerprint density at radius 1 is 1.34 bits per heavy atom. The molecule has 1 aromatic carbocycles. The van der Waals surface area contributed by atoms with Crippen LogP contribution in [0.3, 0.4) is 0 Å². The van der Waals surface area contributed by atoms with Gasteiger partial charge in [-0.3, -0.25) is 4.99 Å². The van der Waals surface area contributed by atoms with Crippen LogP contribution in [-0.4, -0.2) is 36.4 Å². The molecule has 0 saturated heterocycles. The van der Waals surface area contributed by atoms with E-state index in [0.29, 0.717) is 24.6 Å². The lowest BCUT2D eigenvalue weighted by Crippen LogP contribution is -2.39. The first-order valence-electron chi connectivity index (χ1n) is 9.16. The molecule has 2 atom stereocenters. The predicted molar refractivity (Wildman–Crippen MR) is 119 cm³/mol. The minimum Gasteiger partial charge on any atom is -0.405 e. The van der Waals surface area contributed by atoms with Gasteiger partial charge in [-0.25, -0.2) is 4.98 Å². The molecule has 0 aliphatic heterocycles. The highest BCUT2D eigenvalue weighted by molar-refractivity contribution is 14.0. The second-order valence-corrected chi connectivity index (χ2v) is 7.61. The van der Waals surface area contributed by atoms with Gasteiger partial charge >= 0.3 is 6.36 Å². The van der Waals surface area contributed by atoms with E-state index in [1.54, 1.807) is 29.5 Å². The summed E-state index contributed by atoms with van der Waals surface area (Å²) in [5, 5.41) is 9.55. The van der Waals surface area contributed by atoms with Gasteiger partial charge in [0.05, 0.1) is 10.7 Å². The third kappa shape index (κ3) is 7.32. The number of ether oxygens (including phenoxy) is 1. The average Bonchev–Trinajstić information content (AvgIpc) is 3.25. The maximum atomic E-state index is 12.6. The highest BCUT2D eigenvalue weighted by Crippen LogP contribution is 2.45. The normalized spacial score (nSPS) is 18.7. The highest BCUT2D eigenvalue weighted by Gasteiger charge is 2.42. The van der Waals surface area contributed by atoms with Crippen molar-refractivity contribution >= 4 is 41.3 Å². The van der Waals surface area contributed by atoms with Gasteiger partial charge in [0, 0.05) is 36.9 Å². The quantitative estimate of drug-likeness (QED) is 0.306. The maximum absolute atomic E-state index is 12.6. The zero-order chi connectivity index (χ0) is 20.1. The Balaban J connectivity index is 0.00000300. The lowest BCUT2D eigenvalue weighted by Gasteiger charge is -2.14. The molecule has 5 nitrogen and oxygen atoms in total. The summed E-state index contributed by atoms with van der Waals surface area (Å²) in [6.45, 7) is 5.23. The van der Waals surface area contributed by atoms with Crippen LogP contribution in [0.2, 0.25) is 0 Å². The van der Waals surface area contributed by atoms with Crippen molar-refractivity contribution in [2.45, 2.75) is 45.0 Å². The zero-order valence-electron chi connectivity index (χ0n) is 16.1. The lowest BCUT2D eigenvalue weighted by atomic mass is 10.1. The van der Waals surface area contributed by atoms with Crippen molar-refractivity contribution in [1.82, 2.24) is 15.6 Å². The summed E-state index contributed by atoms with van der Waals surface area (Å²) in [7, 11) is 0. The molecule has 0 bridgehead atoms. The van der Waals surface area contributed by atoms with E-state index in [4.69, 9.17) is 0 Å². The number of nitrogens with one attached hydrogen (secondary N) is 2. The Morgan fingerprint density at radius 2 is 2.10 bits per heavy atom. The molecule has 2 unspecified atom stereocenters. The number of aromatic nitrogens is 1. The van der Waals surface area contributed by atoms with Crippen LogP contribution in [0.15, 0.2) is 34.6 Å². The van der Waals surface area contributed by atoms with E-state index in [0.717, 1.165) is 23.5 Å². The van der Waals surface area contributed by atoms with E-state index in [9.17, 15) is 13.2 Å². The van der Waals surface area contributed by atoms with Crippen LogP contribution in [0.5, 0.6) is 5.75 Å². The van der Waals surface area contributed by atoms with Crippen LogP contribution in [0.1, 0.15) is 35.5 Å². The summed E-state index contributed by atoms with van der Waals surface area (Å²) >= 11 is 1.61. The summed E-state index contributed by atoms with van der Waals surface area (Å²) in [5.74, 6) is 0.491. The zero-order valence-corrected chi connectivity index (χ0v) is 19.3. The topological polar surface area (TPSA) is 58.5 Å². The van der Waals surface area contributed by atoms with Crippen molar-refractivity contribution in [2.24, 2.45) is 4.99 Å². The van der Waals surface area contributed by atoms with E-state index in [2.05, 4.69) is 25.3 Å². The standard InChI is InChI=1S/C19H23F3N4OS.HI/c1-3-23-18(24-9-8-13-11-28-12(2)25-13)26-16-10-15(16)14-6-4-5-7-17(14)27-19(20,21)22;/h4-7,11,15-16H,3,8-10H2,1-2H3,(H2,23,24,26);1H. The van der Waals surface area contributed by atoms with Gasteiger partial charge in [0.1, 0.15) is 5.75 Å². The second kappa shape index (κ2) is 10.5. The van der Waals surface area contributed by atoms with Gasteiger partial charge in [-0.1, -0.05) is 18.2 Å². The average molecular weight is 540 g/mol. The Labute approximate surface area is 189 Å². The smallest absolute Gasteiger partial charge is 0.405 e. The fourth-order valence-electron chi connectivity index (χ4n) is 3.00. The third-order valence-corrected chi connectivity index (χ3v) is 5.13. The van der Waals surface area contributed by atoms with Crippen LogP contribution in [0.25, 0.3) is 0 Å². The molecule has 10 heteroatoms. The number of halogens is 4. The van der Waals surface area contributed by atoms with Crippen molar-refractivity contribution in [3.05, 3.63) is 45.9 Å². The van der Waals surface area contributed by atoms with Crippen molar-refractivity contribution in [2.75, 3.05) is 13.1 Å². The number of hydrogen-bond donors (Lipinski definition) is 2. The van der Waals surface area contributed by atoms with Gasteiger partial charge in [0.15, 0.2) is 5.96 Å². The summed E-state index contributed by atoms with van der Waals surface area (Å²) in [6.07, 6.45) is -3.22. The molecular weight excluding hydrogens is 516 g/mol. The molecule has 160 valence electrons. The van der Waals surface area contributed by atoms with E-state index in [1.807, 2.05) is 19.2 Å². The first-order valence-corrected chi connectivity index (χ1v) is 10.0. The fraction of sp³-hybridized carbons (Fsp3) is 0.474. The SMILES string of the molecule is CCNC(=NCCc1csc(C)n1)NC1CC1c1ccccc1OC(F)(F)F.I. The lowest BCUT2D eigenvalue weighted by molar-refractivity contribution is -0.274. The van der Waals surface area contributed by atoms with Crippen LogP contribution >= 0.6 is 35.3 Å². The van der Waals surface area contributed by atoms with E-state index in [1.165, 1.54) is 6.07 Å². The van der Waals surface area contributed by atoms with Crippen LogP contribution in [0, 0.1) is 6.92 Å². The minimum atomic E-state index is -4.70. The molecule has 3 rings (SSSR count). The van der Waals surface area contributed by atoms with E-state index < -0.39 is 6.36 Å². The third-order valence-electron chi connectivity index (χ3n) is 4.31. The summed E-state index contributed by atoms with van der Waals surface area (Å²) < 4.78 is 42.0. The van der Waals surface area contributed by atoms with Crippen LogP contribution in [-0.2, 0) is 6.42 Å². The largest absolute Gasteiger partial charge is 0.573 e. The van der Waals surface area contributed by atoms with Gasteiger partial charge in [-0.15, -0.1) is 48.5 Å². The van der Waals surface area contributed by atoms with Crippen molar-refractivity contribution in [3.63, 3.8) is 0 Å². The molecule has 1 heterocycles. The van der Waals surface area contributed by atoms with Crippen LogP contribution < -0.4 is 15.4 Å². The summed E-state index contributed by atoms with van der Waals surface area (Å²) in [5.41, 5.74) is 1.58. The number of thiazole rings is 1. The first-order chi connectivity index (χ1) is 13.4. The first kappa shape index (κ1) is 23.7. The monoisotopic (exact) mass is 540 g/mol.